The van der Waals surface area contributed by atoms with Crippen LogP contribution in [0.1, 0.15) is 24.1 Å². The Morgan fingerprint density at radius 3 is 2.53 bits per heavy atom. The Morgan fingerprint density at radius 1 is 1.17 bits per heavy atom. The predicted octanol–water partition coefficient (Wildman–Crippen LogP) is 3.24. The number of hydrogen-bond acceptors (Lipinski definition) is 6. The normalized spacial score (nSPS) is 18.2. The molecular formula is C24H21ClF4N4O3. The molecule has 1 amide bonds. The summed E-state index contributed by atoms with van der Waals surface area (Å²) in [7, 11) is 0. The van der Waals surface area contributed by atoms with Gasteiger partial charge in [-0.1, -0.05) is 17.7 Å². The second-order valence-electron chi connectivity index (χ2n) is 8.02. The summed E-state index contributed by atoms with van der Waals surface area (Å²) in [6.45, 7) is 2.30. The van der Waals surface area contributed by atoms with Gasteiger partial charge >= 0.3 is 5.97 Å². The van der Waals surface area contributed by atoms with E-state index in [1.54, 1.807) is 6.92 Å². The molecule has 2 aliphatic rings. The first-order chi connectivity index (χ1) is 17.2. The van der Waals surface area contributed by atoms with Gasteiger partial charge in [-0.2, -0.15) is 0 Å². The molecule has 0 bridgehead atoms. The summed E-state index contributed by atoms with van der Waals surface area (Å²) in [5.74, 6) is -5.68. The van der Waals surface area contributed by atoms with Gasteiger partial charge in [0, 0.05) is 41.5 Å². The highest BCUT2D eigenvalue weighted by atomic mass is 35.5. The monoisotopic (exact) mass is 524 g/mol. The van der Waals surface area contributed by atoms with Crippen LogP contribution in [-0.4, -0.2) is 55.4 Å². The van der Waals surface area contributed by atoms with Crippen LogP contribution in [0.2, 0.25) is 5.02 Å². The zero-order chi connectivity index (χ0) is 26.0. The summed E-state index contributed by atoms with van der Waals surface area (Å²) >= 11 is 6.27. The van der Waals surface area contributed by atoms with Crippen molar-refractivity contribution in [3.8, 4) is 0 Å². The van der Waals surface area contributed by atoms with Crippen LogP contribution in [0, 0.1) is 23.3 Å². The maximum atomic E-state index is 14.7. The van der Waals surface area contributed by atoms with Gasteiger partial charge in [-0.3, -0.25) is 9.79 Å². The molecule has 1 unspecified atom stereocenters. The fraction of sp³-hybridized carbons (Fsp3) is 0.292. The average molecular weight is 525 g/mol. The predicted molar refractivity (Wildman–Crippen MR) is 123 cm³/mol. The van der Waals surface area contributed by atoms with E-state index in [1.807, 2.05) is 0 Å². The largest absolute Gasteiger partial charge is 0.463 e. The number of nitrogens with one attached hydrogen (secondary N) is 2. The van der Waals surface area contributed by atoms with Crippen molar-refractivity contribution in [2.24, 2.45) is 4.99 Å². The highest BCUT2D eigenvalue weighted by Crippen LogP contribution is 2.37. The summed E-state index contributed by atoms with van der Waals surface area (Å²) in [5, 5.41) is 5.59. The van der Waals surface area contributed by atoms with Gasteiger partial charge in [-0.15, -0.1) is 0 Å². The number of piperazine rings is 1. The van der Waals surface area contributed by atoms with Crippen LogP contribution in [0.15, 0.2) is 46.6 Å². The fourth-order valence-corrected chi connectivity index (χ4v) is 4.29. The van der Waals surface area contributed by atoms with E-state index in [0.29, 0.717) is 25.2 Å². The summed E-state index contributed by atoms with van der Waals surface area (Å²) in [6.07, 6.45) is 0. The van der Waals surface area contributed by atoms with Crippen molar-refractivity contribution >= 4 is 29.3 Å². The first-order valence-corrected chi connectivity index (χ1v) is 11.4. The molecule has 0 saturated carbocycles. The van der Waals surface area contributed by atoms with Crippen LogP contribution in [0.5, 0.6) is 0 Å². The minimum atomic E-state index is -1.27. The molecule has 7 nitrogen and oxygen atoms in total. The third kappa shape index (κ3) is 5.21. The minimum Gasteiger partial charge on any atom is -0.463 e. The first-order valence-electron chi connectivity index (χ1n) is 11.0. The molecule has 0 radical (unpaired) electrons. The van der Waals surface area contributed by atoms with E-state index >= 15 is 0 Å². The summed E-state index contributed by atoms with van der Waals surface area (Å²) < 4.78 is 62.0. The Bertz CT molecular complexity index is 1260. The standard InChI is InChI=1S/C24H21ClF4N4O3/c1-2-36-24(35)21-18(11-33-6-5-30-10-19(33)34)31-23(20-16(28)8-13(27)9-17(20)29)32-22(21)14-4-3-12(26)7-15(14)25/h3-4,7-9,22,30H,2,5-6,10-11H2,1H3,(H,31,32). The molecule has 2 aromatic rings. The molecule has 2 heterocycles. The zero-order valence-corrected chi connectivity index (χ0v) is 19.8. The third-order valence-electron chi connectivity index (χ3n) is 5.66. The number of hydrogen-bond donors (Lipinski definition) is 2. The number of benzene rings is 2. The number of carbonyl (C=O) groups excluding carboxylic acids is 2. The van der Waals surface area contributed by atoms with E-state index in [2.05, 4.69) is 15.6 Å². The topological polar surface area (TPSA) is 83.0 Å². The number of amides is 1. The van der Waals surface area contributed by atoms with Gasteiger partial charge in [0.05, 0.1) is 30.8 Å². The summed E-state index contributed by atoms with van der Waals surface area (Å²) in [5.41, 5.74) is -0.496. The molecule has 1 atom stereocenters. The van der Waals surface area contributed by atoms with Gasteiger partial charge in [0.25, 0.3) is 0 Å². The van der Waals surface area contributed by atoms with Gasteiger partial charge in [0.1, 0.15) is 35.1 Å². The molecule has 1 saturated heterocycles. The van der Waals surface area contributed by atoms with Gasteiger partial charge in [0.2, 0.25) is 5.91 Å². The molecule has 1 fully saturated rings. The van der Waals surface area contributed by atoms with Crippen molar-refractivity contribution in [2.75, 3.05) is 32.8 Å². The number of amidine groups is 1. The van der Waals surface area contributed by atoms with Crippen molar-refractivity contribution in [3.05, 3.63) is 81.0 Å². The second kappa shape index (κ2) is 10.7. The van der Waals surface area contributed by atoms with E-state index in [9.17, 15) is 27.2 Å². The number of carbonyl (C=O) groups is 2. The average Bonchev–Trinajstić information content (AvgIpc) is 2.80. The number of nitrogens with zero attached hydrogens (tertiary/aromatic N) is 2. The molecule has 36 heavy (non-hydrogen) atoms. The molecule has 0 spiro atoms. The van der Waals surface area contributed by atoms with E-state index in [-0.39, 0.29) is 53.3 Å². The lowest BCUT2D eigenvalue weighted by atomic mass is 9.94. The molecule has 2 N–H and O–H groups in total. The van der Waals surface area contributed by atoms with Crippen LogP contribution in [0.4, 0.5) is 17.6 Å². The minimum absolute atomic E-state index is 0.00381. The van der Waals surface area contributed by atoms with Crippen molar-refractivity contribution in [1.82, 2.24) is 15.5 Å². The maximum Gasteiger partial charge on any atom is 0.338 e. The van der Waals surface area contributed by atoms with E-state index < -0.39 is 40.8 Å². The molecule has 2 aliphatic heterocycles. The second-order valence-corrected chi connectivity index (χ2v) is 8.43. The number of ether oxygens (including phenoxy) is 1. The van der Waals surface area contributed by atoms with Crippen LogP contribution in [-0.2, 0) is 14.3 Å². The van der Waals surface area contributed by atoms with Crippen LogP contribution >= 0.6 is 11.6 Å². The van der Waals surface area contributed by atoms with Gasteiger partial charge < -0.3 is 20.3 Å². The van der Waals surface area contributed by atoms with Crippen molar-refractivity contribution in [1.29, 1.82) is 0 Å². The van der Waals surface area contributed by atoms with Crippen molar-refractivity contribution in [3.63, 3.8) is 0 Å². The molecule has 0 aliphatic carbocycles. The Hall–Kier alpha value is -3.44. The Morgan fingerprint density at radius 2 is 1.89 bits per heavy atom. The van der Waals surface area contributed by atoms with E-state index in [0.717, 1.165) is 12.1 Å². The first kappa shape index (κ1) is 25.6. The van der Waals surface area contributed by atoms with E-state index in [4.69, 9.17) is 16.3 Å². The van der Waals surface area contributed by atoms with Crippen molar-refractivity contribution < 1.29 is 31.9 Å². The zero-order valence-electron chi connectivity index (χ0n) is 19.0. The van der Waals surface area contributed by atoms with E-state index in [1.165, 1.54) is 11.0 Å². The number of rotatable bonds is 6. The van der Waals surface area contributed by atoms with Gasteiger partial charge in [-0.05, 0) is 19.1 Å². The SMILES string of the molecule is CCOC(=O)C1=C(CN2CCNCC2=O)NC(c2c(F)cc(F)cc2F)=NC1c1ccc(F)cc1Cl. The summed E-state index contributed by atoms with van der Waals surface area (Å²) in [4.78, 5) is 31.3. The lowest BCUT2D eigenvalue weighted by Gasteiger charge is -2.33. The molecule has 0 aromatic heterocycles. The lowest BCUT2D eigenvalue weighted by molar-refractivity contribution is -0.139. The molecule has 190 valence electrons. The lowest BCUT2D eigenvalue weighted by Crippen LogP contribution is -2.50. The third-order valence-corrected chi connectivity index (χ3v) is 5.99. The fourth-order valence-electron chi connectivity index (χ4n) is 4.02. The molecular weight excluding hydrogens is 504 g/mol. The van der Waals surface area contributed by atoms with Gasteiger partial charge in [-0.25, -0.2) is 22.4 Å². The smallest absolute Gasteiger partial charge is 0.338 e. The highest BCUT2D eigenvalue weighted by molar-refractivity contribution is 6.31. The Labute approximate surface area is 208 Å². The Kier molecular flexibility index (Phi) is 7.60. The molecule has 2 aromatic carbocycles. The van der Waals surface area contributed by atoms with Crippen LogP contribution in [0.25, 0.3) is 0 Å². The molecule has 12 heteroatoms. The highest BCUT2D eigenvalue weighted by Gasteiger charge is 2.36. The van der Waals surface area contributed by atoms with Crippen molar-refractivity contribution in [2.45, 2.75) is 13.0 Å². The summed E-state index contributed by atoms with van der Waals surface area (Å²) in [6, 6.07) is 3.11. The number of halogens is 5. The van der Waals surface area contributed by atoms with Crippen LogP contribution in [0.3, 0.4) is 0 Å². The Balaban J connectivity index is 1.91. The molecule has 4 rings (SSSR count). The number of aliphatic imine (C=N–C) groups is 1. The number of esters is 1. The van der Waals surface area contributed by atoms with Crippen LogP contribution < -0.4 is 10.6 Å². The maximum absolute atomic E-state index is 14.7. The quantitative estimate of drug-likeness (QED) is 0.448. The van der Waals surface area contributed by atoms with Gasteiger partial charge in [0.15, 0.2) is 0 Å².